The summed E-state index contributed by atoms with van der Waals surface area (Å²) >= 11 is 0. The Balaban J connectivity index is 1.44. The first-order chi connectivity index (χ1) is 15.3. The second kappa shape index (κ2) is 8.84. The highest BCUT2D eigenvalue weighted by Gasteiger charge is 2.27. The van der Waals surface area contributed by atoms with Gasteiger partial charge in [-0.2, -0.15) is 0 Å². The van der Waals surface area contributed by atoms with Crippen molar-refractivity contribution in [3.05, 3.63) is 65.1 Å². The molecule has 2 amide bonds. The lowest BCUT2D eigenvalue weighted by Gasteiger charge is -2.30. The Kier molecular flexibility index (Phi) is 5.96. The van der Waals surface area contributed by atoms with Gasteiger partial charge < -0.3 is 25.1 Å². The zero-order valence-corrected chi connectivity index (χ0v) is 18.3. The van der Waals surface area contributed by atoms with E-state index in [1.165, 1.54) is 13.0 Å². The van der Waals surface area contributed by atoms with Crippen molar-refractivity contribution in [3.63, 3.8) is 0 Å². The van der Waals surface area contributed by atoms with Crippen LogP contribution in [0, 0.1) is 6.92 Å². The van der Waals surface area contributed by atoms with E-state index in [-0.39, 0.29) is 11.8 Å². The number of anilines is 1. The second-order valence-corrected chi connectivity index (χ2v) is 8.05. The highest BCUT2D eigenvalue weighted by Crippen LogP contribution is 2.26. The molecule has 3 heterocycles. The summed E-state index contributed by atoms with van der Waals surface area (Å²) in [5.41, 5.74) is 3.46. The summed E-state index contributed by atoms with van der Waals surface area (Å²) in [5.74, 6) is 0.962. The normalized spacial score (nSPS) is 17.8. The first-order valence-corrected chi connectivity index (χ1v) is 10.4. The number of aryl methyl sites for hydroxylation is 1. The molecule has 0 saturated carbocycles. The molecule has 3 aromatic rings. The summed E-state index contributed by atoms with van der Waals surface area (Å²) in [4.78, 5) is 29.9. The minimum absolute atomic E-state index is 0.160. The molecule has 3 N–H and O–H groups in total. The molecule has 1 aromatic carbocycles. The fourth-order valence-electron chi connectivity index (χ4n) is 3.85. The Morgan fingerprint density at radius 1 is 1.38 bits per heavy atom. The average molecular weight is 434 g/mol. The zero-order valence-electron chi connectivity index (χ0n) is 18.3. The Morgan fingerprint density at radius 2 is 2.16 bits per heavy atom. The summed E-state index contributed by atoms with van der Waals surface area (Å²) in [5, 5.41) is 16.8. The van der Waals surface area contributed by atoms with Crippen LogP contribution in [0.2, 0.25) is 0 Å². The van der Waals surface area contributed by atoms with Gasteiger partial charge in [-0.15, -0.1) is 0 Å². The first kappa shape index (κ1) is 21.6. The lowest BCUT2D eigenvalue weighted by Crippen LogP contribution is -2.50. The van der Waals surface area contributed by atoms with Crippen LogP contribution in [-0.2, 0) is 22.6 Å². The van der Waals surface area contributed by atoms with Gasteiger partial charge in [-0.1, -0.05) is 18.2 Å². The zero-order chi connectivity index (χ0) is 22.8. The second-order valence-electron chi connectivity index (χ2n) is 8.05. The van der Waals surface area contributed by atoms with E-state index in [9.17, 15) is 14.7 Å². The van der Waals surface area contributed by atoms with Crippen LogP contribution in [0.3, 0.4) is 0 Å². The Labute approximate surface area is 185 Å². The van der Waals surface area contributed by atoms with Gasteiger partial charge >= 0.3 is 0 Å². The number of aliphatic hydroxyl groups is 1. The molecule has 32 heavy (non-hydrogen) atoms. The highest BCUT2D eigenvalue weighted by atomic mass is 16.3. The van der Waals surface area contributed by atoms with Gasteiger partial charge in [-0.3, -0.25) is 9.59 Å². The number of aliphatic hydroxyl groups excluding tert-OH is 1. The fraction of sp³-hybridized carbons (Fsp3) is 0.292. The van der Waals surface area contributed by atoms with E-state index < -0.39 is 12.3 Å². The standard InChI is InChI=1S/C24H26N4O4/c1-14-18-6-4-5-7-20(18)32-21(14)13-28(3)22(30)9-8-16-10-17-11-19(26-15(2)29)24(31)27-23(17)25-12-16/h4-10,12,19,24,31H,11,13H2,1-3H3,(H,25,27)(H,26,29)/b9-8+. The Hall–Kier alpha value is -3.65. The molecule has 2 atom stereocenters. The van der Waals surface area contributed by atoms with E-state index in [0.29, 0.717) is 18.8 Å². The van der Waals surface area contributed by atoms with Gasteiger partial charge in [0.2, 0.25) is 11.8 Å². The summed E-state index contributed by atoms with van der Waals surface area (Å²) in [6, 6.07) is 9.26. The topological polar surface area (TPSA) is 108 Å². The van der Waals surface area contributed by atoms with Gasteiger partial charge in [0.15, 0.2) is 0 Å². The fourth-order valence-corrected chi connectivity index (χ4v) is 3.85. The SMILES string of the molecule is CC(=O)NC1Cc2cc(/C=C/C(=O)N(C)Cc3oc4ccccc4c3C)cnc2NC1O. The third-order valence-corrected chi connectivity index (χ3v) is 5.60. The molecule has 0 fully saturated rings. The van der Waals surface area contributed by atoms with Crippen LogP contribution in [0.5, 0.6) is 0 Å². The van der Waals surface area contributed by atoms with Gasteiger partial charge in [0.1, 0.15) is 23.4 Å². The number of nitrogens with zero attached hydrogens (tertiary/aromatic N) is 2. The molecular formula is C24H26N4O4. The summed E-state index contributed by atoms with van der Waals surface area (Å²) in [7, 11) is 1.73. The molecule has 0 spiro atoms. The number of furan rings is 1. The molecule has 166 valence electrons. The van der Waals surface area contributed by atoms with Crippen molar-refractivity contribution in [1.82, 2.24) is 15.2 Å². The number of fused-ring (bicyclic) bond motifs is 2. The van der Waals surface area contributed by atoms with Crippen molar-refractivity contribution in [1.29, 1.82) is 0 Å². The van der Waals surface area contributed by atoms with Crippen molar-refractivity contribution in [3.8, 4) is 0 Å². The van der Waals surface area contributed by atoms with Crippen LogP contribution >= 0.6 is 0 Å². The number of hydrogen-bond donors (Lipinski definition) is 3. The smallest absolute Gasteiger partial charge is 0.246 e. The predicted molar refractivity (Wildman–Crippen MR) is 122 cm³/mol. The number of rotatable bonds is 5. The summed E-state index contributed by atoms with van der Waals surface area (Å²) in [6.45, 7) is 3.77. The lowest BCUT2D eigenvalue weighted by atomic mass is 9.99. The third-order valence-electron chi connectivity index (χ3n) is 5.60. The number of hydrogen-bond acceptors (Lipinski definition) is 6. The molecule has 2 aromatic heterocycles. The number of carbonyl (C=O) groups is 2. The number of aromatic nitrogens is 1. The van der Waals surface area contributed by atoms with E-state index in [1.807, 2.05) is 37.3 Å². The molecule has 8 nitrogen and oxygen atoms in total. The van der Waals surface area contributed by atoms with E-state index in [2.05, 4.69) is 15.6 Å². The van der Waals surface area contributed by atoms with Crippen LogP contribution in [0.1, 0.15) is 29.4 Å². The van der Waals surface area contributed by atoms with Crippen molar-refractivity contribution in [2.24, 2.45) is 0 Å². The molecule has 0 saturated heterocycles. The highest BCUT2D eigenvalue weighted by molar-refractivity contribution is 5.91. The molecule has 0 aliphatic carbocycles. The maximum absolute atomic E-state index is 12.6. The van der Waals surface area contributed by atoms with Crippen LogP contribution in [-0.4, -0.2) is 46.1 Å². The van der Waals surface area contributed by atoms with Gasteiger partial charge in [-0.05, 0) is 36.3 Å². The number of amides is 2. The lowest BCUT2D eigenvalue weighted by molar-refractivity contribution is -0.125. The van der Waals surface area contributed by atoms with Crippen molar-refractivity contribution < 1.29 is 19.1 Å². The number of benzene rings is 1. The van der Waals surface area contributed by atoms with Gasteiger partial charge in [-0.25, -0.2) is 4.98 Å². The molecule has 0 bridgehead atoms. The minimum atomic E-state index is -0.905. The first-order valence-electron chi connectivity index (χ1n) is 10.4. The minimum Gasteiger partial charge on any atom is -0.459 e. The van der Waals surface area contributed by atoms with Crippen molar-refractivity contribution in [2.45, 2.75) is 39.1 Å². The number of carbonyl (C=O) groups excluding carboxylic acids is 2. The molecule has 4 rings (SSSR count). The number of nitrogens with one attached hydrogen (secondary N) is 2. The average Bonchev–Trinajstić information content (AvgIpc) is 3.07. The van der Waals surface area contributed by atoms with Crippen LogP contribution in [0.15, 0.2) is 47.0 Å². The predicted octanol–water partition coefficient (Wildman–Crippen LogP) is 2.60. The maximum Gasteiger partial charge on any atom is 0.246 e. The number of para-hydroxylation sites is 1. The molecule has 2 unspecified atom stereocenters. The van der Waals surface area contributed by atoms with Gasteiger partial charge in [0, 0.05) is 43.6 Å². The molecule has 8 heteroatoms. The number of likely N-dealkylation sites (N-methyl/N-ethyl adjacent to an activating group) is 1. The van der Waals surface area contributed by atoms with E-state index >= 15 is 0 Å². The summed E-state index contributed by atoms with van der Waals surface area (Å²) < 4.78 is 5.91. The third kappa shape index (κ3) is 4.50. The van der Waals surface area contributed by atoms with Crippen molar-refractivity contribution in [2.75, 3.05) is 12.4 Å². The van der Waals surface area contributed by atoms with Gasteiger partial charge in [0.05, 0.1) is 12.6 Å². The molecule has 1 aliphatic heterocycles. The Morgan fingerprint density at radius 3 is 2.91 bits per heavy atom. The van der Waals surface area contributed by atoms with E-state index in [1.54, 1.807) is 24.2 Å². The number of pyridine rings is 1. The van der Waals surface area contributed by atoms with E-state index in [4.69, 9.17) is 4.42 Å². The molecule has 1 aliphatic rings. The Bertz CT molecular complexity index is 1200. The molecule has 0 radical (unpaired) electrons. The van der Waals surface area contributed by atoms with Crippen molar-refractivity contribution >= 4 is 34.7 Å². The quantitative estimate of drug-likeness (QED) is 0.533. The van der Waals surface area contributed by atoms with Crippen LogP contribution < -0.4 is 10.6 Å². The van der Waals surface area contributed by atoms with Gasteiger partial charge in [0.25, 0.3) is 0 Å². The monoisotopic (exact) mass is 434 g/mol. The maximum atomic E-state index is 12.6. The van der Waals surface area contributed by atoms with Crippen LogP contribution in [0.4, 0.5) is 5.82 Å². The largest absolute Gasteiger partial charge is 0.459 e. The van der Waals surface area contributed by atoms with E-state index in [0.717, 1.165) is 33.4 Å². The van der Waals surface area contributed by atoms with Crippen LogP contribution in [0.25, 0.3) is 17.0 Å². The molecular weight excluding hydrogens is 408 g/mol. The summed E-state index contributed by atoms with van der Waals surface area (Å²) in [6.07, 6.45) is 4.37.